The van der Waals surface area contributed by atoms with Crippen molar-refractivity contribution in [2.75, 3.05) is 0 Å². The number of benzene rings is 1. The molecular weight excluding hydrogens is 410 g/mol. The highest BCUT2D eigenvalue weighted by Crippen LogP contribution is 2.38. The topological polar surface area (TPSA) is 52.2 Å². The van der Waals surface area contributed by atoms with Gasteiger partial charge in [0.05, 0.1) is 11.3 Å². The van der Waals surface area contributed by atoms with E-state index in [0.717, 1.165) is 47.2 Å². The number of aryl methyl sites for hydroxylation is 2. The van der Waals surface area contributed by atoms with Gasteiger partial charge in [-0.25, -0.2) is 0 Å². The molecule has 5 rings (SSSR count). The van der Waals surface area contributed by atoms with Crippen LogP contribution in [0.3, 0.4) is 0 Å². The van der Waals surface area contributed by atoms with Crippen molar-refractivity contribution < 1.29 is 10.6 Å². The molecule has 3 heterocycles. The molecule has 1 aliphatic carbocycles. The lowest BCUT2D eigenvalue weighted by atomic mass is 9.95. The van der Waals surface area contributed by atoms with E-state index in [2.05, 4.69) is 56.9 Å². The fraction of sp³-hybridized carbons (Fsp3) is 0.310. The summed E-state index contributed by atoms with van der Waals surface area (Å²) in [5.41, 5.74) is 5.02. The fourth-order valence-electron chi connectivity index (χ4n) is 4.13. The van der Waals surface area contributed by atoms with Crippen LogP contribution in [0.4, 0.5) is 0 Å². The Morgan fingerprint density at radius 3 is 2.64 bits per heavy atom. The summed E-state index contributed by atoms with van der Waals surface area (Å²) in [5.74, 6) is 0.376. The first-order valence-electron chi connectivity index (χ1n) is 11.9. The van der Waals surface area contributed by atoms with Crippen molar-refractivity contribution in [3.63, 3.8) is 0 Å². The Hall–Kier alpha value is -3.40. The molecule has 0 radical (unpaired) electrons. The lowest BCUT2D eigenvalue weighted by molar-refractivity contribution is 0.104. The van der Waals surface area contributed by atoms with E-state index in [1.165, 1.54) is 29.7 Å². The first kappa shape index (κ1) is 24.2. The lowest BCUT2D eigenvalue weighted by Gasteiger charge is -2.18. The van der Waals surface area contributed by atoms with Crippen LogP contribution in [0.5, 0.6) is 0 Å². The average molecular weight is 446 g/mol. The van der Waals surface area contributed by atoms with Crippen molar-refractivity contribution in [3.05, 3.63) is 88.3 Å². The van der Waals surface area contributed by atoms with Crippen LogP contribution in [0, 0.1) is 0 Å². The summed E-state index contributed by atoms with van der Waals surface area (Å²) in [6.45, 7) is 12.4. The number of allylic oxidation sites excluding steroid dienone is 5. The van der Waals surface area contributed by atoms with Gasteiger partial charge in [0, 0.05) is 31.2 Å². The van der Waals surface area contributed by atoms with Gasteiger partial charge < -0.3 is 8.98 Å². The molecule has 4 heteroatoms. The second-order valence-corrected chi connectivity index (χ2v) is 7.93. The van der Waals surface area contributed by atoms with Gasteiger partial charge in [0.1, 0.15) is 5.58 Å². The molecule has 2 aromatic heterocycles. The number of furan rings is 1. The molecule has 2 aliphatic rings. The standard InChI is InChI=1S/C24H19NO3.C3H8.C2H6.H2/c1-2-21(26)19-14-25-11-10-18-17-9-8-16(15-6-4-3-5-7-15)12-23(17)28-24(18)20(25)13-22(19)27;1-3-2;1-2;/h2-4,6,8-9,12-14H,1,5,7,10-11H2;3H2,1-2H3;1-2H3;1H. The first-order chi connectivity index (χ1) is 16.1. The van der Waals surface area contributed by atoms with Crippen molar-refractivity contribution in [2.45, 2.75) is 59.9 Å². The van der Waals surface area contributed by atoms with E-state index < -0.39 is 0 Å². The maximum Gasteiger partial charge on any atom is 0.193 e. The Balaban J connectivity index is 0.000000633. The van der Waals surface area contributed by atoms with Gasteiger partial charge in [0.25, 0.3) is 0 Å². The Kier molecular flexibility index (Phi) is 8.05. The van der Waals surface area contributed by atoms with Crippen molar-refractivity contribution in [1.82, 2.24) is 4.57 Å². The molecule has 0 atom stereocenters. The maximum absolute atomic E-state index is 12.4. The van der Waals surface area contributed by atoms with Gasteiger partial charge in [-0.05, 0) is 42.5 Å². The minimum atomic E-state index is -0.352. The molecular formula is C29H35NO3. The van der Waals surface area contributed by atoms with Crippen LogP contribution in [0.25, 0.3) is 28.0 Å². The van der Waals surface area contributed by atoms with E-state index in [-0.39, 0.29) is 18.2 Å². The third-order valence-electron chi connectivity index (χ3n) is 5.59. The van der Waals surface area contributed by atoms with Crippen LogP contribution >= 0.6 is 0 Å². The number of rotatable bonds is 3. The second kappa shape index (κ2) is 11.0. The molecule has 0 fully saturated rings. The Labute approximate surface area is 197 Å². The minimum Gasteiger partial charge on any atom is -0.454 e. The average Bonchev–Trinajstić information content (AvgIpc) is 3.24. The third-order valence-corrected chi connectivity index (χ3v) is 5.59. The molecule has 0 saturated carbocycles. The lowest BCUT2D eigenvalue weighted by Crippen LogP contribution is -2.20. The molecule has 33 heavy (non-hydrogen) atoms. The number of hydrogen-bond acceptors (Lipinski definition) is 3. The predicted octanol–water partition coefficient (Wildman–Crippen LogP) is 7.61. The fourth-order valence-corrected chi connectivity index (χ4v) is 4.13. The van der Waals surface area contributed by atoms with Crippen molar-refractivity contribution >= 4 is 22.3 Å². The van der Waals surface area contributed by atoms with E-state index in [9.17, 15) is 9.59 Å². The summed E-state index contributed by atoms with van der Waals surface area (Å²) < 4.78 is 8.15. The highest BCUT2D eigenvalue weighted by atomic mass is 16.3. The van der Waals surface area contributed by atoms with Crippen molar-refractivity contribution in [1.29, 1.82) is 0 Å². The smallest absolute Gasteiger partial charge is 0.193 e. The third kappa shape index (κ3) is 4.85. The van der Waals surface area contributed by atoms with Gasteiger partial charge in [-0.1, -0.05) is 71.1 Å². The summed E-state index contributed by atoms with van der Waals surface area (Å²) in [5, 5.41) is 1.09. The molecule has 174 valence electrons. The summed E-state index contributed by atoms with van der Waals surface area (Å²) in [4.78, 5) is 24.4. The number of fused-ring (bicyclic) bond motifs is 5. The van der Waals surface area contributed by atoms with Gasteiger partial charge in [-0.2, -0.15) is 0 Å². The zero-order chi connectivity index (χ0) is 24.0. The maximum atomic E-state index is 12.4. The predicted molar refractivity (Wildman–Crippen MR) is 140 cm³/mol. The highest BCUT2D eigenvalue weighted by Gasteiger charge is 2.24. The zero-order valence-corrected chi connectivity index (χ0v) is 20.1. The monoisotopic (exact) mass is 445 g/mol. The zero-order valence-electron chi connectivity index (χ0n) is 20.1. The van der Waals surface area contributed by atoms with Gasteiger partial charge in [0.15, 0.2) is 17.0 Å². The molecule has 0 bridgehead atoms. The van der Waals surface area contributed by atoms with Crippen LogP contribution < -0.4 is 5.43 Å². The second-order valence-electron chi connectivity index (χ2n) is 7.93. The molecule has 1 aromatic carbocycles. The Bertz CT molecular complexity index is 1290. The SMILES string of the molecule is C=CC(=O)c1cn2c(cc1=O)-c1oc3cc(C4=CC=CCC4)ccc3c1CC2.CC.CCC.[HH]. The summed E-state index contributed by atoms with van der Waals surface area (Å²) in [6, 6.07) is 7.87. The summed E-state index contributed by atoms with van der Waals surface area (Å²) >= 11 is 0. The number of ketones is 1. The van der Waals surface area contributed by atoms with Crippen LogP contribution in [0.1, 0.15) is 69.9 Å². The van der Waals surface area contributed by atoms with E-state index in [1.807, 2.05) is 18.4 Å². The summed E-state index contributed by atoms with van der Waals surface area (Å²) in [7, 11) is 0. The molecule has 3 aromatic rings. The van der Waals surface area contributed by atoms with Gasteiger partial charge in [-0.3, -0.25) is 9.59 Å². The van der Waals surface area contributed by atoms with Crippen LogP contribution in [-0.4, -0.2) is 10.4 Å². The van der Waals surface area contributed by atoms with Crippen LogP contribution in [0.15, 0.2) is 70.6 Å². The normalized spacial score (nSPS) is 13.5. The van der Waals surface area contributed by atoms with Crippen LogP contribution in [0.2, 0.25) is 0 Å². The number of carbonyl (C=O) groups is 1. The van der Waals surface area contributed by atoms with E-state index >= 15 is 0 Å². The number of carbonyl (C=O) groups excluding carboxylic acids is 1. The molecule has 4 nitrogen and oxygen atoms in total. The van der Waals surface area contributed by atoms with Gasteiger partial charge >= 0.3 is 0 Å². The summed E-state index contributed by atoms with van der Waals surface area (Å²) in [6.07, 6.45) is 13.4. The number of hydrogen-bond donors (Lipinski definition) is 0. The van der Waals surface area contributed by atoms with Gasteiger partial charge in [0.2, 0.25) is 0 Å². The molecule has 0 unspecified atom stereocenters. The Morgan fingerprint density at radius 1 is 1.21 bits per heavy atom. The largest absolute Gasteiger partial charge is 0.454 e. The van der Waals surface area contributed by atoms with Crippen molar-refractivity contribution in [2.24, 2.45) is 0 Å². The molecule has 0 saturated heterocycles. The van der Waals surface area contributed by atoms with Gasteiger partial charge in [-0.15, -0.1) is 0 Å². The number of pyridine rings is 1. The molecule has 0 N–H and O–H groups in total. The highest BCUT2D eigenvalue weighted by molar-refractivity contribution is 6.04. The van der Waals surface area contributed by atoms with Crippen LogP contribution in [-0.2, 0) is 13.0 Å². The quantitative estimate of drug-likeness (QED) is 0.308. The van der Waals surface area contributed by atoms with E-state index in [1.54, 1.807) is 6.20 Å². The number of aromatic nitrogens is 1. The minimum absolute atomic E-state index is 0. The van der Waals surface area contributed by atoms with E-state index in [0.29, 0.717) is 6.54 Å². The number of nitrogens with zero attached hydrogens (tertiary/aromatic N) is 1. The molecule has 0 amide bonds. The first-order valence-corrected chi connectivity index (χ1v) is 11.9. The van der Waals surface area contributed by atoms with Crippen molar-refractivity contribution in [3.8, 4) is 11.5 Å². The Morgan fingerprint density at radius 2 is 1.97 bits per heavy atom. The molecule has 1 aliphatic heterocycles. The molecule has 0 spiro atoms. The van der Waals surface area contributed by atoms with E-state index in [4.69, 9.17) is 4.42 Å².